The Bertz CT molecular complexity index is 957. The van der Waals surface area contributed by atoms with Gasteiger partial charge >= 0.3 is 0 Å². The molecule has 0 bridgehead atoms. The van der Waals surface area contributed by atoms with Crippen LogP contribution in [0.15, 0.2) is 73.1 Å². The van der Waals surface area contributed by atoms with Crippen molar-refractivity contribution < 1.29 is 9.53 Å². The van der Waals surface area contributed by atoms with Crippen molar-refractivity contribution in [2.24, 2.45) is 0 Å². The average molecular weight is 437 g/mol. The number of aromatic nitrogens is 1. The van der Waals surface area contributed by atoms with Crippen molar-refractivity contribution in [3.05, 3.63) is 95.3 Å². The highest BCUT2D eigenvalue weighted by Crippen LogP contribution is 2.45. The Labute approximate surface area is 185 Å². The van der Waals surface area contributed by atoms with Gasteiger partial charge in [0.25, 0.3) is 5.91 Å². The van der Waals surface area contributed by atoms with Crippen LogP contribution in [-0.4, -0.2) is 22.4 Å². The molecule has 4 nitrogen and oxygen atoms in total. The number of rotatable bonds is 7. The van der Waals surface area contributed by atoms with Crippen LogP contribution in [0.3, 0.4) is 0 Å². The molecule has 6 heteroatoms. The fourth-order valence-electron chi connectivity index (χ4n) is 3.21. The lowest BCUT2D eigenvalue weighted by atomic mass is 10.1. The van der Waals surface area contributed by atoms with Crippen LogP contribution >= 0.6 is 23.5 Å². The molecule has 0 aliphatic carbocycles. The standard InChI is InChI=1S/C24H24N2O2S2/c1-17(19-8-10-22(11-9-19)28-16-18-3-2-12-25-15-18)26-23(27)20-4-6-21(7-5-20)24-29-13-14-30-24/h2-12,15,17,24H,13-14,16H2,1H3,(H,26,27). The van der Waals surface area contributed by atoms with E-state index in [0.717, 1.165) is 16.9 Å². The van der Waals surface area contributed by atoms with E-state index in [-0.39, 0.29) is 11.9 Å². The van der Waals surface area contributed by atoms with E-state index in [1.165, 1.54) is 17.1 Å². The SMILES string of the molecule is CC(NC(=O)c1ccc(C2SCCS2)cc1)c1ccc(OCc2cccnc2)cc1. The molecule has 1 unspecified atom stereocenters. The lowest BCUT2D eigenvalue weighted by Crippen LogP contribution is -2.26. The van der Waals surface area contributed by atoms with Gasteiger partial charge in [-0.2, -0.15) is 0 Å². The molecule has 154 valence electrons. The molecule has 0 radical (unpaired) electrons. The van der Waals surface area contributed by atoms with Crippen LogP contribution in [0.5, 0.6) is 5.75 Å². The van der Waals surface area contributed by atoms with Gasteiger partial charge in [0, 0.05) is 35.0 Å². The van der Waals surface area contributed by atoms with Crippen molar-refractivity contribution in [1.82, 2.24) is 10.3 Å². The molecule has 1 aliphatic rings. The van der Waals surface area contributed by atoms with Gasteiger partial charge in [0.1, 0.15) is 12.4 Å². The largest absolute Gasteiger partial charge is 0.489 e. The molecule has 1 fully saturated rings. The number of amides is 1. The molecule has 1 saturated heterocycles. The molecule has 1 atom stereocenters. The number of carbonyl (C=O) groups excluding carboxylic acids is 1. The zero-order chi connectivity index (χ0) is 20.8. The number of hydrogen-bond acceptors (Lipinski definition) is 5. The molecule has 3 aromatic rings. The predicted octanol–water partition coefficient (Wildman–Crippen LogP) is 5.63. The van der Waals surface area contributed by atoms with Gasteiger partial charge in [0.2, 0.25) is 0 Å². The van der Waals surface area contributed by atoms with E-state index in [1.807, 2.05) is 79.0 Å². The van der Waals surface area contributed by atoms with Crippen LogP contribution in [0.25, 0.3) is 0 Å². The molecule has 4 rings (SSSR count). The quantitative estimate of drug-likeness (QED) is 0.520. The normalized spacial score (nSPS) is 15.0. The molecular formula is C24H24N2O2S2. The molecule has 1 amide bonds. The number of hydrogen-bond donors (Lipinski definition) is 1. The molecule has 1 aliphatic heterocycles. The number of nitrogens with zero attached hydrogens (tertiary/aromatic N) is 1. The van der Waals surface area contributed by atoms with Crippen LogP contribution in [0.4, 0.5) is 0 Å². The number of carbonyl (C=O) groups is 1. The van der Waals surface area contributed by atoms with Gasteiger partial charge in [-0.3, -0.25) is 9.78 Å². The minimum Gasteiger partial charge on any atom is -0.489 e. The van der Waals surface area contributed by atoms with Crippen LogP contribution < -0.4 is 10.1 Å². The Morgan fingerprint density at radius 2 is 1.83 bits per heavy atom. The summed E-state index contributed by atoms with van der Waals surface area (Å²) in [5.74, 6) is 3.13. The minimum atomic E-state index is -0.0921. The van der Waals surface area contributed by atoms with Crippen molar-refractivity contribution in [3.8, 4) is 5.75 Å². The molecular weight excluding hydrogens is 412 g/mol. The lowest BCUT2D eigenvalue weighted by molar-refractivity contribution is 0.0940. The summed E-state index contributed by atoms with van der Waals surface area (Å²) in [7, 11) is 0. The zero-order valence-corrected chi connectivity index (χ0v) is 18.4. The fourth-order valence-corrected chi connectivity index (χ4v) is 6.07. The van der Waals surface area contributed by atoms with E-state index < -0.39 is 0 Å². The van der Waals surface area contributed by atoms with Crippen molar-refractivity contribution in [3.63, 3.8) is 0 Å². The monoisotopic (exact) mass is 436 g/mol. The van der Waals surface area contributed by atoms with Crippen LogP contribution in [0, 0.1) is 0 Å². The van der Waals surface area contributed by atoms with E-state index in [9.17, 15) is 4.79 Å². The third kappa shape index (κ3) is 5.37. The summed E-state index contributed by atoms with van der Waals surface area (Å²) in [5, 5.41) is 3.08. The van der Waals surface area contributed by atoms with Crippen LogP contribution in [0.1, 0.15) is 44.6 Å². The second kappa shape index (κ2) is 10.0. The summed E-state index contributed by atoms with van der Waals surface area (Å²) in [6, 6.07) is 19.6. The highest BCUT2D eigenvalue weighted by Gasteiger charge is 2.19. The molecule has 0 spiro atoms. The summed E-state index contributed by atoms with van der Waals surface area (Å²) >= 11 is 3.94. The summed E-state index contributed by atoms with van der Waals surface area (Å²) in [4.78, 5) is 16.7. The first-order chi connectivity index (χ1) is 14.7. The maximum absolute atomic E-state index is 12.6. The van der Waals surface area contributed by atoms with Crippen molar-refractivity contribution in [2.75, 3.05) is 11.5 Å². The van der Waals surface area contributed by atoms with E-state index in [2.05, 4.69) is 22.4 Å². The van der Waals surface area contributed by atoms with Crippen molar-refractivity contribution >= 4 is 29.4 Å². The molecule has 2 aromatic carbocycles. The van der Waals surface area contributed by atoms with Crippen molar-refractivity contribution in [2.45, 2.75) is 24.2 Å². The Kier molecular flexibility index (Phi) is 6.97. The average Bonchev–Trinajstić information content (AvgIpc) is 3.34. The summed E-state index contributed by atoms with van der Waals surface area (Å²) in [6.07, 6.45) is 3.54. The third-order valence-electron chi connectivity index (χ3n) is 4.92. The molecule has 0 saturated carbocycles. The maximum atomic E-state index is 12.6. The highest BCUT2D eigenvalue weighted by atomic mass is 32.2. The van der Waals surface area contributed by atoms with Gasteiger partial charge in [-0.15, -0.1) is 23.5 Å². The lowest BCUT2D eigenvalue weighted by Gasteiger charge is -2.16. The first-order valence-corrected chi connectivity index (χ1v) is 12.0. The minimum absolute atomic E-state index is 0.0577. The van der Waals surface area contributed by atoms with Gasteiger partial charge in [-0.05, 0) is 48.4 Å². The van der Waals surface area contributed by atoms with Gasteiger partial charge < -0.3 is 10.1 Å². The second-order valence-corrected chi connectivity index (χ2v) is 9.83. The van der Waals surface area contributed by atoms with E-state index in [0.29, 0.717) is 16.8 Å². The Morgan fingerprint density at radius 3 is 2.50 bits per heavy atom. The number of benzene rings is 2. The summed E-state index contributed by atoms with van der Waals surface area (Å²) < 4.78 is 6.30. The van der Waals surface area contributed by atoms with Gasteiger partial charge in [0.05, 0.1) is 10.6 Å². The van der Waals surface area contributed by atoms with E-state index in [4.69, 9.17) is 4.74 Å². The number of ether oxygens (including phenoxy) is 1. The van der Waals surface area contributed by atoms with Gasteiger partial charge in [-0.25, -0.2) is 0 Å². The number of thioether (sulfide) groups is 2. The predicted molar refractivity (Wildman–Crippen MR) is 125 cm³/mol. The molecule has 1 aromatic heterocycles. The maximum Gasteiger partial charge on any atom is 0.251 e. The summed E-state index contributed by atoms with van der Waals surface area (Å²) in [6.45, 7) is 2.47. The summed E-state index contributed by atoms with van der Waals surface area (Å²) in [5.41, 5.74) is 4.04. The second-order valence-electron chi connectivity index (χ2n) is 7.11. The number of nitrogens with one attached hydrogen (secondary N) is 1. The Balaban J connectivity index is 1.31. The highest BCUT2D eigenvalue weighted by molar-refractivity contribution is 8.19. The van der Waals surface area contributed by atoms with Gasteiger partial charge in [-0.1, -0.05) is 30.3 Å². The van der Waals surface area contributed by atoms with Crippen LogP contribution in [0.2, 0.25) is 0 Å². The molecule has 1 N–H and O–H groups in total. The zero-order valence-electron chi connectivity index (χ0n) is 16.8. The molecule has 2 heterocycles. The Morgan fingerprint density at radius 1 is 1.10 bits per heavy atom. The first-order valence-electron chi connectivity index (χ1n) is 9.95. The molecule has 30 heavy (non-hydrogen) atoms. The van der Waals surface area contributed by atoms with E-state index >= 15 is 0 Å². The van der Waals surface area contributed by atoms with Crippen LogP contribution in [-0.2, 0) is 6.61 Å². The topological polar surface area (TPSA) is 51.2 Å². The third-order valence-corrected chi connectivity index (χ3v) is 8.03. The fraction of sp³-hybridized carbons (Fsp3) is 0.250. The number of pyridine rings is 1. The van der Waals surface area contributed by atoms with E-state index in [1.54, 1.807) is 12.4 Å². The Hall–Kier alpha value is -2.44. The first kappa shape index (κ1) is 20.8. The smallest absolute Gasteiger partial charge is 0.251 e. The van der Waals surface area contributed by atoms with Crippen molar-refractivity contribution in [1.29, 1.82) is 0 Å². The van der Waals surface area contributed by atoms with Gasteiger partial charge in [0.15, 0.2) is 0 Å².